The van der Waals surface area contributed by atoms with E-state index in [1.165, 1.54) is 0 Å². The first-order chi connectivity index (χ1) is 12.9. The molecule has 1 amide bonds. The lowest BCUT2D eigenvalue weighted by atomic mass is 10.2. The smallest absolute Gasteiger partial charge is 0.272 e. The molecular weight excluding hydrogens is 338 g/mol. The van der Waals surface area contributed by atoms with E-state index in [-0.39, 0.29) is 5.91 Å². The first kappa shape index (κ1) is 17.3. The van der Waals surface area contributed by atoms with Gasteiger partial charge in [-0.15, -0.1) is 0 Å². The monoisotopic (exact) mass is 361 g/mol. The Balaban J connectivity index is 1.68. The molecule has 0 saturated heterocycles. The Hall–Kier alpha value is -3.12. The van der Waals surface area contributed by atoms with Gasteiger partial charge in [0, 0.05) is 23.6 Å². The van der Waals surface area contributed by atoms with E-state index in [0.717, 1.165) is 45.6 Å². The molecule has 6 heteroatoms. The molecule has 4 aromatic rings. The van der Waals surface area contributed by atoms with Gasteiger partial charge in [0.15, 0.2) is 0 Å². The van der Waals surface area contributed by atoms with Crippen molar-refractivity contribution in [1.82, 2.24) is 19.3 Å². The van der Waals surface area contributed by atoms with E-state index in [9.17, 15) is 4.79 Å². The fourth-order valence-electron chi connectivity index (χ4n) is 3.36. The molecule has 0 saturated carbocycles. The number of anilines is 1. The summed E-state index contributed by atoms with van der Waals surface area (Å²) in [5.41, 5.74) is 6.38. The van der Waals surface area contributed by atoms with Crippen molar-refractivity contribution in [3.05, 3.63) is 65.2 Å². The minimum absolute atomic E-state index is 0.151. The highest BCUT2D eigenvalue weighted by molar-refractivity contribution is 6.06. The number of rotatable bonds is 4. The standard InChI is InChI=1S/C21H23N5O/c1-13-6-5-7-15-9-17(23-20(13)15)21(27)24-18-12-26-16(11-25(3)4)10-22-19(26)8-14(18)2/h5-10,12,23H,11H2,1-4H3,(H,24,27). The first-order valence-corrected chi connectivity index (χ1v) is 8.93. The summed E-state index contributed by atoms with van der Waals surface area (Å²) in [6.45, 7) is 4.79. The Labute approximate surface area is 157 Å². The van der Waals surface area contributed by atoms with Gasteiger partial charge in [-0.1, -0.05) is 18.2 Å². The average molecular weight is 361 g/mol. The van der Waals surface area contributed by atoms with Crippen molar-refractivity contribution in [3.8, 4) is 0 Å². The quantitative estimate of drug-likeness (QED) is 0.582. The number of H-pyrrole nitrogens is 1. The highest BCUT2D eigenvalue weighted by Gasteiger charge is 2.14. The summed E-state index contributed by atoms with van der Waals surface area (Å²) >= 11 is 0. The van der Waals surface area contributed by atoms with Gasteiger partial charge in [-0.3, -0.25) is 4.79 Å². The summed E-state index contributed by atoms with van der Waals surface area (Å²) < 4.78 is 2.03. The number of carbonyl (C=O) groups is 1. The van der Waals surface area contributed by atoms with Gasteiger partial charge in [0.05, 0.1) is 17.6 Å². The van der Waals surface area contributed by atoms with Crippen molar-refractivity contribution in [3.63, 3.8) is 0 Å². The van der Waals surface area contributed by atoms with Crippen molar-refractivity contribution in [2.24, 2.45) is 0 Å². The molecule has 0 aliphatic carbocycles. The third-order valence-corrected chi connectivity index (χ3v) is 4.77. The van der Waals surface area contributed by atoms with E-state index in [2.05, 4.69) is 20.2 Å². The molecule has 1 aromatic carbocycles. The molecule has 3 aromatic heterocycles. The summed E-state index contributed by atoms with van der Waals surface area (Å²) in [6, 6.07) is 9.91. The molecule has 4 rings (SSSR count). The maximum absolute atomic E-state index is 12.8. The van der Waals surface area contributed by atoms with Crippen molar-refractivity contribution in [2.45, 2.75) is 20.4 Å². The van der Waals surface area contributed by atoms with Gasteiger partial charge in [-0.2, -0.15) is 0 Å². The Morgan fingerprint density at radius 2 is 2.04 bits per heavy atom. The lowest BCUT2D eigenvalue weighted by Crippen LogP contribution is -2.15. The van der Waals surface area contributed by atoms with Crippen LogP contribution in [-0.2, 0) is 6.54 Å². The summed E-state index contributed by atoms with van der Waals surface area (Å²) in [5, 5.41) is 4.07. The number of pyridine rings is 1. The molecule has 138 valence electrons. The van der Waals surface area contributed by atoms with Crippen LogP contribution in [0.3, 0.4) is 0 Å². The van der Waals surface area contributed by atoms with Crippen molar-refractivity contribution >= 4 is 28.1 Å². The maximum atomic E-state index is 12.8. The molecule has 27 heavy (non-hydrogen) atoms. The van der Waals surface area contributed by atoms with Crippen LogP contribution in [0.4, 0.5) is 5.69 Å². The number of fused-ring (bicyclic) bond motifs is 2. The van der Waals surface area contributed by atoms with E-state index >= 15 is 0 Å². The Kier molecular flexibility index (Phi) is 4.20. The molecule has 2 N–H and O–H groups in total. The van der Waals surface area contributed by atoms with Gasteiger partial charge in [0.2, 0.25) is 0 Å². The predicted molar refractivity (Wildman–Crippen MR) is 108 cm³/mol. The fraction of sp³-hybridized carbons (Fsp3) is 0.238. The van der Waals surface area contributed by atoms with E-state index in [1.807, 2.05) is 75.1 Å². The zero-order chi connectivity index (χ0) is 19.1. The number of nitrogens with zero attached hydrogens (tertiary/aromatic N) is 3. The molecule has 6 nitrogen and oxygen atoms in total. The van der Waals surface area contributed by atoms with Crippen molar-refractivity contribution in [2.75, 3.05) is 19.4 Å². The second-order valence-corrected chi connectivity index (χ2v) is 7.26. The Morgan fingerprint density at radius 3 is 2.78 bits per heavy atom. The van der Waals surface area contributed by atoms with E-state index < -0.39 is 0 Å². The van der Waals surface area contributed by atoms with Crippen LogP contribution in [0.2, 0.25) is 0 Å². The SMILES string of the molecule is Cc1cc2ncc(CN(C)C)n2cc1NC(=O)c1cc2cccc(C)c2[nH]1. The van der Waals surface area contributed by atoms with Gasteiger partial charge in [0.1, 0.15) is 11.3 Å². The molecule has 0 bridgehead atoms. The third kappa shape index (κ3) is 3.19. The number of hydrogen-bond donors (Lipinski definition) is 2. The number of carbonyl (C=O) groups excluding carboxylic acids is 1. The molecule has 0 spiro atoms. The fourth-order valence-corrected chi connectivity index (χ4v) is 3.36. The van der Waals surface area contributed by atoms with E-state index in [0.29, 0.717) is 5.69 Å². The van der Waals surface area contributed by atoms with Crippen LogP contribution in [0.5, 0.6) is 0 Å². The van der Waals surface area contributed by atoms with E-state index in [1.54, 1.807) is 0 Å². The summed E-state index contributed by atoms with van der Waals surface area (Å²) in [7, 11) is 4.04. The lowest BCUT2D eigenvalue weighted by Gasteiger charge is -2.12. The van der Waals surface area contributed by atoms with Gasteiger partial charge in [-0.25, -0.2) is 4.98 Å². The Bertz CT molecular complexity index is 1150. The molecule has 0 radical (unpaired) electrons. The van der Waals surface area contributed by atoms with Crippen LogP contribution in [0.1, 0.15) is 27.3 Å². The van der Waals surface area contributed by atoms with E-state index in [4.69, 9.17) is 0 Å². The molecule has 0 aliphatic heterocycles. The number of aromatic amines is 1. The maximum Gasteiger partial charge on any atom is 0.272 e. The van der Waals surface area contributed by atoms with Crippen LogP contribution < -0.4 is 5.32 Å². The zero-order valence-electron chi connectivity index (χ0n) is 16.0. The normalized spacial score (nSPS) is 11.6. The largest absolute Gasteiger partial charge is 0.350 e. The number of imidazole rings is 1. The van der Waals surface area contributed by atoms with Crippen molar-refractivity contribution < 1.29 is 4.79 Å². The topological polar surface area (TPSA) is 65.4 Å². The number of aromatic nitrogens is 3. The molecular formula is C21H23N5O. The van der Waals surface area contributed by atoms with Crippen LogP contribution in [0.25, 0.3) is 16.6 Å². The first-order valence-electron chi connectivity index (χ1n) is 8.93. The van der Waals surface area contributed by atoms with Crippen LogP contribution in [0, 0.1) is 13.8 Å². The number of amides is 1. The summed E-state index contributed by atoms with van der Waals surface area (Å²) in [4.78, 5) is 22.6. The van der Waals surface area contributed by atoms with Crippen molar-refractivity contribution in [1.29, 1.82) is 0 Å². The number of para-hydroxylation sites is 1. The molecule has 0 aliphatic rings. The molecule has 0 unspecified atom stereocenters. The third-order valence-electron chi connectivity index (χ3n) is 4.77. The average Bonchev–Trinajstić information content (AvgIpc) is 3.20. The van der Waals surface area contributed by atoms with Crippen LogP contribution in [-0.4, -0.2) is 39.3 Å². The predicted octanol–water partition coefficient (Wildman–Crippen LogP) is 3.75. The molecule has 0 fully saturated rings. The van der Waals surface area contributed by atoms with Gasteiger partial charge < -0.3 is 19.6 Å². The minimum atomic E-state index is -0.151. The second kappa shape index (κ2) is 6.55. The number of nitrogens with one attached hydrogen (secondary N) is 2. The van der Waals surface area contributed by atoms with Gasteiger partial charge in [0.25, 0.3) is 5.91 Å². The zero-order valence-corrected chi connectivity index (χ0v) is 16.0. The summed E-state index contributed by atoms with van der Waals surface area (Å²) in [5.74, 6) is -0.151. The highest BCUT2D eigenvalue weighted by atomic mass is 16.1. The van der Waals surface area contributed by atoms with Crippen LogP contribution in [0.15, 0.2) is 42.7 Å². The minimum Gasteiger partial charge on any atom is -0.350 e. The number of hydrogen-bond acceptors (Lipinski definition) is 3. The summed E-state index contributed by atoms with van der Waals surface area (Å²) in [6.07, 6.45) is 3.82. The highest BCUT2D eigenvalue weighted by Crippen LogP contribution is 2.22. The number of aryl methyl sites for hydroxylation is 2. The molecule has 3 heterocycles. The van der Waals surface area contributed by atoms with Gasteiger partial charge in [-0.05, 0) is 51.2 Å². The number of benzene rings is 1. The lowest BCUT2D eigenvalue weighted by molar-refractivity contribution is 0.102. The molecule has 0 atom stereocenters. The second-order valence-electron chi connectivity index (χ2n) is 7.26. The van der Waals surface area contributed by atoms with Crippen LogP contribution >= 0.6 is 0 Å². The van der Waals surface area contributed by atoms with Gasteiger partial charge >= 0.3 is 0 Å². The Morgan fingerprint density at radius 1 is 1.22 bits per heavy atom.